The van der Waals surface area contributed by atoms with Crippen LogP contribution in [-0.4, -0.2) is 56.0 Å². The average Bonchev–Trinajstić information content (AvgIpc) is 2.82. The highest BCUT2D eigenvalue weighted by molar-refractivity contribution is 6.05. The fourth-order valence-corrected chi connectivity index (χ4v) is 3.56. The van der Waals surface area contributed by atoms with E-state index in [9.17, 15) is 18.8 Å². The van der Waals surface area contributed by atoms with Gasteiger partial charge in [-0.2, -0.15) is 0 Å². The molecule has 1 saturated heterocycles. The molecule has 8 heteroatoms. The topological polar surface area (TPSA) is 76.2 Å². The quantitative estimate of drug-likeness (QED) is 0.615. The lowest BCUT2D eigenvalue weighted by Crippen LogP contribution is -2.44. The maximum absolute atomic E-state index is 13.1. The van der Waals surface area contributed by atoms with E-state index in [1.54, 1.807) is 43.1 Å². The fourth-order valence-electron chi connectivity index (χ4n) is 3.56. The van der Waals surface area contributed by atoms with Gasteiger partial charge >= 0.3 is 5.97 Å². The molecule has 32 heavy (non-hydrogen) atoms. The molecule has 1 fully saturated rings. The van der Waals surface area contributed by atoms with E-state index in [1.165, 1.54) is 29.2 Å². The number of benzene rings is 2. The molecular formula is C24H27FN2O5. The number of anilines is 1. The number of ether oxygens (including phenoxy) is 2. The van der Waals surface area contributed by atoms with E-state index in [2.05, 4.69) is 0 Å². The summed E-state index contributed by atoms with van der Waals surface area (Å²) in [6.07, 6.45) is 1.47. The van der Waals surface area contributed by atoms with E-state index in [1.807, 2.05) is 0 Å². The predicted molar refractivity (Wildman–Crippen MR) is 117 cm³/mol. The van der Waals surface area contributed by atoms with Crippen LogP contribution in [0.3, 0.4) is 0 Å². The van der Waals surface area contributed by atoms with Gasteiger partial charge in [-0.05, 0) is 68.3 Å². The lowest BCUT2D eigenvalue weighted by molar-refractivity contribution is -0.151. The molecule has 0 saturated carbocycles. The molecule has 2 aromatic rings. The third-order valence-corrected chi connectivity index (χ3v) is 5.38. The average molecular weight is 442 g/mol. The van der Waals surface area contributed by atoms with Gasteiger partial charge in [0.15, 0.2) is 6.61 Å². The summed E-state index contributed by atoms with van der Waals surface area (Å²) in [7, 11) is 1.63. The monoisotopic (exact) mass is 442 g/mol. The molecule has 1 heterocycles. The predicted octanol–water partition coefficient (Wildman–Crippen LogP) is 3.28. The molecule has 170 valence electrons. The highest BCUT2D eigenvalue weighted by atomic mass is 19.1. The minimum atomic E-state index is -0.402. The smallest absolute Gasteiger partial charge is 0.310 e. The third-order valence-electron chi connectivity index (χ3n) is 5.38. The second kappa shape index (κ2) is 10.7. The Labute approximate surface area is 186 Å². The van der Waals surface area contributed by atoms with Crippen molar-refractivity contribution in [2.24, 2.45) is 5.92 Å². The lowest BCUT2D eigenvalue weighted by Gasteiger charge is -2.31. The van der Waals surface area contributed by atoms with Crippen molar-refractivity contribution in [1.82, 2.24) is 4.90 Å². The van der Waals surface area contributed by atoms with Crippen molar-refractivity contribution in [2.45, 2.75) is 19.8 Å². The number of halogens is 1. The zero-order chi connectivity index (χ0) is 23.1. The fraction of sp³-hybridized carbons (Fsp3) is 0.375. The van der Waals surface area contributed by atoms with E-state index in [0.29, 0.717) is 36.7 Å². The molecule has 1 aliphatic rings. The van der Waals surface area contributed by atoms with E-state index < -0.39 is 5.82 Å². The summed E-state index contributed by atoms with van der Waals surface area (Å²) in [6.45, 7) is 2.88. The number of hydrogen-bond donors (Lipinski definition) is 0. The molecule has 1 unspecified atom stereocenters. The summed E-state index contributed by atoms with van der Waals surface area (Å²) < 4.78 is 23.7. The first-order chi connectivity index (χ1) is 15.4. The Balaban J connectivity index is 1.53. The minimum absolute atomic E-state index is 0.140. The first-order valence-corrected chi connectivity index (χ1v) is 10.6. The van der Waals surface area contributed by atoms with Crippen molar-refractivity contribution < 1.29 is 28.2 Å². The second-order valence-corrected chi connectivity index (χ2v) is 7.58. The number of piperidine rings is 1. The maximum atomic E-state index is 13.1. The van der Waals surface area contributed by atoms with Gasteiger partial charge in [-0.1, -0.05) is 0 Å². The molecule has 7 nitrogen and oxygen atoms in total. The molecule has 0 aromatic heterocycles. The van der Waals surface area contributed by atoms with Crippen LogP contribution < -0.4 is 9.64 Å². The molecule has 1 aliphatic heterocycles. The van der Waals surface area contributed by atoms with E-state index in [4.69, 9.17) is 9.47 Å². The van der Waals surface area contributed by atoms with Crippen molar-refractivity contribution in [1.29, 1.82) is 0 Å². The van der Waals surface area contributed by atoms with Crippen LogP contribution in [0.15, 0.2) is 48.5 Å². The largest absolute Gasteiger partial charge is 0.484 e. The third kappa shape index (κ3) is 5.84. The molecule has 1 atom stereocenters. The van der Waals surface area contributed by atoms with E-state index in [-0.39, 0.29) is 30.3 Å². The number of amides is 2. The minimum Gasteiger partial charge on any atom is -0.484 e. The Morgan fingerprint density at radius 2 is 1.78 bits per heavy atom. The van der Waals surface area contributed by atoms with Crippen molar-refractivity contribution in [3.05, 3.63) is 59.9 Å². The zero-order valence-electron chi connectivity index (χ0n) is 18.3. The van der Waals surface area contributed by atoms with E-state index in [0.717, 1.165) is 12.8 Å². The molecule has 3 rings (SSSR count). The van der Waals surface area contributed by atoms with Gasteiger partial charge in [-0.25, -0.2) is 4.39 Å². The summed E-state index contributed by atoms with van der Waals surface area (Å²) in [5, 5.41) is 0. The molecule has 0 spiro atoms. The Hall–Kier alpha value is -3.42. The highest BCUT2D eigenvalue weighted by Crippen LogP contribution is 2.21. The molecule has 2 amide bonds. The van der Waals surface area contributed by atoms with Crippen LogP contribution >= 0.6 is 0 Å². The number of carbonyl (C=O) groups excluding carboxylic acids is 3. The number of rotatable bonds is 7. The number of hydrogen-bond acceptors (Lipinski definition) is 5. The molecule has 2 aromatic carbocycles. The second-order valence-electron chi connectivity index (χ2n) is 7.58. The molecule has 0 radical (unpaired) electrons. The normalized spacial score (nSPS) is 15.7. The standard InChI is InChI=1S/C24H27FN2O5/c1-3-31-24(30)18-5-4-14-27(15-18)22(28)16-32-21-12-10-20(11-13-21)26(2)23(29)17-6-8-19(25)9-7-17/h6-13,18H,3-5,14-16H2,1-2H3. The Bertz CT molecular complexity index is 946. The molecule has 0 aliphatic carbocycles. The molecular weight excluding hydrogens is 415 g/mol. The first-order valence-electron chi connectivity index (χ1n) is 10.6. The van der Waals surface area contributed by atoms with Crippen LogP contribution in [0.1, 0.15) is 30.1 Å². The van der Waals surface area contributed by atoms with Gasteiger partial charge in [0, 0.05) is 31.4 Å². The lowest BCUT2D eigenvalue weighted by atomic mass is 9.98. The van der Waals surface area contributed by atoms with Gasteiger partial charge in [0.1, 0.15) is 11.6 Å². The van der Waals surface area contributed by atoms with Crippen LogP contribution in [0.2, 0.25) is 0 Å². The number of nitrogens with zero attached hydrogens (tertiary/aromatic N) is 2. The van der Waals surface area contributed by atoms with Crippen LogP contribution in [0.25, 0.3) is 0 Å². The SMILES string of the molecule is CCOC(=O)C1CCCN(C(=O)COc2ccc(N(C)C(=O)c3ccc(F)cc3)cc2)C1. The van der Waals surface area contributed by atoms with Crippen LogP contribution in [0.4, 0.5) is 10.1 Å². The maximum Gasteiger partial charge on any atom is 0.310 e. The van der Waals surface area contributed by atoms with Gasteiger partial charge in [-0.15, -0.1) is 0 Å². The summed E-state index contributed by atoms with van der Waals surface area (Å²) in [5.74, 6) is -0.923. The van der Waals surface area contributed by atoms with Crippen molar-refractivity contribution in [2.75, 3.05) is 38.3 Å². The summed E-state index contributed by atoms with van der Waals surface area (Å²) in [5.41, 5.74) is 1.01. The Kier molecular flexibility index (Phi) is 7.81. The van der Waals surface area contributed by atoms with Crippen LogP contribution in [0, 0.1) is 11.7 Å². The summed E-state index contributed by atoms with van der Waals surface area (Å²) in [6, 6.07) is 12.1. The van der Waals surface area contributed by atoms with Crippen molar-refractivity contribution >= 4 is 23.5 Å². The van der Waals surface area contributed by atoms with Crippen LogP contribution in [0.5, 0.6) is 5.75 Å². The van der Waals surface area contributed by atoms with Gasteiger partial charge in [0.25, 0.3) is 11.8 Å². The van der Waals surface area contributed by atoms with Gasteiger partial charge in [-0.3, -0.25) is 14.4 Å². The van der Waals surface area contributed by atoms with Gasteiger partial charge < -0.3 is 19.3 Å². The Morgan fingerprint density at radius 1 is 1.09 bits per heavy atom. The Morgan fingerprint density at radius 3 is 2.44 bits per heavy atom. The van der Waals surface area contributed by atoms with E-state index >= 15 is 0 Å². The molecule has 0 bridgehead atoms. The number of likely N-dealkylation sites (tertiary alicyclic amines) is 1. The zero-order valence-corrected chi connectivity index (χ0v) is 18.3. The number of carbonyl (C=O) groups is 3. The number of esters is 1. The van der Waals surface area contributed by atoms with Crippen molar-refractivity contribution in [3.63, 3.8) is 0 Å². The summed E-state index contributed by atoms with van der Waals surface area (Å²) in [4.78, 5) is 40.1. The van der Waals surface area contributed by atoms with Gasteiger partial charge in [0.05, 0.1) is 12.5 Å². The van der Waals surface area contributed by atoms with Gasteiger partial charge in [0.2, 0.25) is 0 Å². The first kappa shape index (κ1) is 23.2. The summed E-state index contributed by atoms with van der Waals surface area (Å²) >= 11 is 0. The van der Waals surface area contributed by atoms with Crippen molar-refractivity contribution in [3.8, 4) is 5.75 Å². The van der Waals surface area contributed by atoms with Crippen LogP contribution in [-0.2, 0) is 14.3 Å². The molecule has 0 N–H and O–H groups in total. The highest BCUT2D eigenvalue weighted by Gasteiger charge is 2.29.